The zero-order valence-electron chi connectivity index (χ0n) is 48.5. The van der Waals surface area contributed by atoms with Crippen LogP contribution in [-0.4, -0.2) is 43.2 Å². The first kappa shape index (κ1) is 50.9. The first-order chi connectivity index (χ1) is 39.5. The Bertz CT molecular complexity index is 4520. The molecule has 0 spiro atoms. The Balaban J connectivity index is 0.000000171. The van der Waals surface area contributed by atoms with E-state index >= 15 is 0 Å². The van der Waals surface area contributed by atoms with E-state index in [1.807, 2.05) is 141 Å². The third-order valence-corrected chi connectivity index (χ3v) is 14.2. The standard InChI is InChI=1S/C35H30N5O.C32H24N5O.2Pt/c1-21-7-9-28-29-17-24(4)33(19-32(29)40(31(28)15-21)34-16-22(2)11-12-36-34)41-27-14-23(3)13-26(18-27)39-20-38(6)30-10-8-25(5)37-35(30)39;1-21-15-16-33-31(17-21)37-28-10-5-4-9-26(28)27-13-12-25(19-30(27)37)38-24-8-6-7-23(18-24)36-20-35(3)29-14-11-22(2)34-32(29)36;;/h7-17,20H,1-6H3;4-17,20H,1-3H3;;/q2*-3;;/i;1D3;;. The molecule has 2 aliphatic heterocycles. The van der Waals surface area contributed by atoms with E-state index in [-0.39, 0.29) is 47.7 Å². The van der Waals surface area contributed by atoms with Crippen molar-refractivity contribution < 1.29 is 55.7 Å². The Morgan fingerprint density at radius 1 is 0.469 bits per heavy atom. The number of hydrogen-bond acceptors (Lipinski definition) is 10. The van der Waals surface area contributed by atoms with Crippen molar-refractivity contribution in [3.63, 3.8) is 0 Å². The van der Waals surface area contributed by atoms with E-state index in [0.29, 0.717) is 28.8 Å². The molecular formula is C67H54N10O2Pt2-6. The summed E-state index contributed by atoms with van der Waals surface area (Å²) in [6, 6.07) is 59.7. The molecule has 0 amide bonds. The predicted octanol–water partition coefficient (Wildman–Crippen LogP) is 15.5. The number of ether oxygens (including phenoxy) is 2. The SMILES string of the molecule is Cc1cc(Oc2[c-]c3c(cc2C)c2ccc(C)cc2n3-c2cc(C)ccn2)[c-]c(N2[CH-]N(C)c3ccc(C)nc32)c1.[2H]C([2H])([2H])c1ccnc(-n2c3[c-]c(Oc4[c-]c(N5[CH-]N(C)c6ccc(C)nc65)ccc4)ccc3c3ccccc32)c1.[Pt].[Pt]. The van der Waals surface area contributed by atoms with Gasteiger partial charge in [-0.3, -0.25) is 0 Å². The molecule has 14 heteroatoms. The van der Waals surface area contributed by atoms with Crippen molar-refractivity contribution in [1.29, 1.82) is 0 Å². The van der Waals surface area contributed by atoms with Gasteiger partial charge in [0, 0.05) is 115 Å². The Morgan fingerprint density at radius 3 is 1.79 bits per heavy atom. The van der Waals surface area contributed by atoms with Crippen molar-refractivity contribution in [2.75, 3.05) is 33.7 Å². The Morgan fingerprint density at radius 2 is 1.07 bits per heavy atom. The van der Waals surface area contributed by atoms with Crippen LogP contribution in [0, 0.1) is 86.0 Å². The molecule has 6 aromatic heterocycles. The summed E-state index contributed by atoms with van der Waals surface area (Å²) in [7, 11) is 4.02. The molecule has 0 saturated heterocycles. The van der Waals surface area contributed by atoms with Crippen LogP contribution in [0.1, 0.15) is 43.3 Å². The number of nitrogens with zero attached hydrogens (tertiary/aromatic N) is 10. The fourth-order valence-corrected chi connectivity index (χ4v) is 10.5. The number of fused-ring (bicyclic) bond motifs is 8. The molecule has 12 aromatic rings. The number of rotatable bonds is 8. The molecule has 0 fully saturated rings. The molecular weight excluding hydrogens is 1370 g/mol. The van der Waals surface area contributed by atoms with Gasteiger partial charge in [0.1, 0.15) is 23.3 Å². The number of para-hydroxylation sites is 1. The van der Waals surface area contributed by atoms with Gasteiger partial charge < -0.3 is 38.2 Å². The molecule has 410 valence electrons. The summed E-state index contributed by atoms with van der Waals surface area (Å²) < 4.78 is 40.6. The third-order valence-electron chi connectivity index (χ3n) is 14.2. The molecule has 81 heavy (non-hydrogen) atoms. The zero-order chi connectivity index (χ0) is 56.7. The van der Waals surface area contributed by atoms with Gasteiger partial charge in [0.2, 0.25) is 0 Å². The molecule has 0 radical (unpaired) electrons. The number of hydrogen-bond donors (Lipinski definition) is 0. The van der Waals surface area contributed by atoms with E-state index in [2.05, 4.69) is 120 Å². The summed E-state index contributed by atoms with van der Waals surface area (Å²) in [5.41, 5.74) is 13.9. The van der Waals surface area contributed by atoms with Crippen molar-refractivity contribution in [3.05, 3.63) is 229 Å². The normalized spacial score (nSPS) is 13.3. The molecule has 8 heterocycles. The van der Waals surface area contributed by atoms with Gasteiger partial charge in [-0.25, -0.2) is 19.9 Å². The van der Waals surface area contributed by atoms with Crippen molar-refractivity contribution in [1.82, 2.24) is 29.1 Å². The Kier molecular flexibility index (Phi) is 13.8. The van der Waals surface area contributed by atoms with E-state index in [4.69, 9.17) is 28.5 Å². The van der Waals surface area contributed by atoms with E-state index < -0.39 is 6.85 Å². The summed E-state index contributed by atoms with van der Waals surface area (Å²) in [6.07, 6.45) is 3.38. The van der Waals surface area contributed by atoms with E-state index in [0.717, 1.165) is 107 Å². The van der Waals surface area contributed by atoms with Crippen LogP contribution in [0.5, 0.6) is 23.0 Å². The van der Waals surface area contributed by atoms with Crippen molar-refractivity contribution in [3.8, 4) is 34.6 Å². The van der Waals surface area contributed by atoms with Crippen LogP contribution in [0.4, 0.5) is 34.4 Å². The molecule has 6 aromatic carbocycles. The smallest absolute Gasteiger partial charge is 0.135 e. The van der Waals surface area contributed by atoms with Gasteiger partial charge in [-0.1, -0.05) is 66.6 Å². The maximum atomic E-state index is 7.87. The first-order valence-electron chi connectivity index (χ1n) is 27.5. The quantitative estimate of drug-likeness (QED) is 0.137. The second kappa shape index (κ2) is 22.0. The van der Waals surface area contributed by atoms with Gasteiger partial charge in [-0.15, -0.1) is 70.9 Å². The van der Waals surface area contributed by atoms with Gasteiger partial charge in [0.15, 0.2) is 0 Å². The van der Waals surface area contributed by atoms with E-state index in [1.165, 1.54) is 23.2 Å². The van der Waals surface area contributed by atoms with Crippen LogP contribution in [-0.2, 0) is 42.1 Å². The van der Waals surface area contributed by atoms with E-state index in [1.54, 1.807) is 6.07 Å². The number of pyridine rings is 4. The molecule has 0 atom stereocenters. The minimum absolute atomic E-state index is 0. The van der Waals surface area contributed by atoms with Crippen molar-refractivity contribution >= 4 is 78.0 Å². The van der Waals surface area contributed by atoms with Crippen molar-refractivity contribution in [2.45, 2.75) is 48.4 Å². The summed E-state index contributed by atoms with van der Waals surface area (Å²) in [5.74, 6) is 5.40. The maximum Gasteiger partial charge on any atom is 0.135 e. The third kappa shape index (κ3) is 10.2. The van der Waals surface area contributed by atoms with Gasteiger partial charge in [0.05, 0.1) is 0 Å². The Labute approximate surface area is 505 Å². The molecule has 0 aliphatic carbocycles. The molecule has 12 nitrogen and oxygen atoms in total. The summed E-state index contributed by atoms with van der Waals surface area (Å²) in [5, 5.41) is 4.25. The van der Waals surface area contributed by atoms with Gasteiger partial charge in [-0.2, -0.15) is 37.1 Å². The second-order valence-electron chi connectivity index (χ2n) is 20.2. The number of benzene rings is 6. The minimum atomic E-state index is -2.24. The molecule has 14 rings (SSSR count). The molecule has 0 N–H and O–H groups in total. The number of anilines is 6. The second-order valence-corrected chi connectivity index (χ2v) is 20.2. The van der Waals surface area contributed by atoms with E-state index in [9.17, 15) is 0 Å². The fraction of sp³-hybridized carbons (Fsp3) is 0.134. The first-order valence-corrected chi connectivity index (χ1v) is 26.0. The molecule has 0 bridgehead atoms. The van der Waals surface area contributed by atoms with Crippen LogP contribution >= 0.6 is 0 Å². The average molecular weight is 1420 g/mol. The molecule has 2 aliphatic rings. The van der Waals surface area contributed by atoms with Crippen LogP contribution in [0.25, 0.3) is 55.2 Å². The minimum Gasteiger partial charge on any atom is -0.509 e. The van der Waals surface area contributed by atoms with Gasteiger partial charge >= 0.3 is 0 Å². The van der Waals surface area contributed by atoms with Crippen LogP contribution in [0.3, 0.4) is 0 Å². The Hall–Kier alpha value is -8.30. The van der Waals surface area contributed by atoms with Crippen molar-refractivity contribution in [2.24, 2.45) is 0 Å². The predicted molar refractivity (Wildman–Crippen MR) is 317 cm³/mol. The molecule has 0 saturated carbocycles. The summed E-state index contributed by atoms with van der Waals surface area (Å²) in [6.45, 7) is 14.1. The summed E-state index contributed by atoms with van der Waals surface area (Å²) >= 11 is 0. The topological polar surface area (TPSA) is 92.8 Å². The van der Waals surface area contributed by atoms with Crippen LogP contribution in [0.15, 0.2) is 152 Å². The maximum absolute atomic E-state index is 7.87. The monoisotopic (exact) mass is 1420 g/mol. The fourth-order valence-electron chi connectivity index (χ4n) is 10.5. The van der Waals surface area contributed by atoms with Crippen LogP contribution < -0.4 is 29.1 Å². The largest absolute Gasteiger partial charge is 0.509 e. The number of aryl methyl sites for hydroxylation is 7. The zero-order valence-corrected chi connectivity index (χ0v) is 50.1. The average Bonchev–Trinajstić information content (AvgIpc) is 3.72. The molecule has 0 unspecified atom stereocenters. The van der Waals surface area contributed by atoms with Gasteiger partial charge in [-0.05, 0) is 137 Å². The summed E-state index contributed by atoms with van der Waals surface area (Å²) in [4.78, 5) is 26.9. The van der Waals surface area contributed by atoms with Gasteiger partial charge in [0.25, 0.3) is 0 Å². The van der Waals surface area contributed by atoms with Crippen LogP contribution in [0.2, 0.25) is 0 Å². The number of aromatic nitrogens is 6.